The fourth-order valence-electron chi connectivity index (χ4n) is 6.57. The average molecular weight is 660 g/mol. The Kier molecular flexibility index (Phi) is 10.2. The quantitative estimate of drug-likeness (QED) is 0.355. The number of rotatable bonds is 7. The van der Waals surface area contributed by atoms with Gasteiger partial charge in [-0.3, -0.25) is 19.3 Å². The third kappa shape index (κ3) is 8.37. The number of sulfonamides is 1. The van der Waals surface area contributed by atoms with Crippen molar-refractivity contribution in [3.63, 3.8) is 0 Å². The Morgan fingerprint density at radius 1 is 0.894 bits per heavy atom. The van der Waals surface area contributed by atoms with Crippen LogP contribution in [0, 0.1) is 0 Å². The highest BCUT2D eigenvalue weighted by molar-refractivity contribution is 7.88. The van der Waals surface area contributed by atoms with Crippen LogP contribution in [0.4, 0.5) is 0 Å². The molecule has 12 heteroatoms. The number of carbonyl (C=O) groups is 3. The molecule has 2 bridgehead atoms. The summed E-state index contributed by atoms with van der Waals surface area (Å²) in [5.41, 5.74) is 2.56. The van der Waals surface area contributed by atoms with Gasteiger partial charge in [-0.1, -0.05) is 60.7 Å². The van der Waals surface area contributed by atoms with Crippen LogP contribution in [0.15, 0.2) is 78.9 Å². The zero-order valence-corrected chi connectivity index (χ0v) is 27.1. The highest BCUT2D eigenvalue weighted by Gasteiger charge is 2.38. The molecule has 0 radical (unpaired) electrons. The number of fused-ring (bicyclic) bond motifs is 5. The molecular weight excluding hydrogens is 618 g/mol. The van der Waals surface area contributed by atoms with Gasteiger partial charge in [0.25, 0.3) is 5.91 Å². The van der Waals surface area contributed by atoms with Crippen LogP contribution in [0.1, 0.15) is 48.0 Å². The zero-order valence-electron chi connectivity index (χ0n) is 26.3. The number of amides is 3. The largest absolute Gasteiger partial charge is 0.470 e. The normalized spacial score (nSPS) is 22.3. The number of nitrogens with zero attached hydrogens (tertiary/aromatic N) is 2. The molecule has 2 saturated heterocycles. The molecule has 3 aromatic rings. The fraction of sp³-hybridized carbons (Fsp3) is 0.400. The number of ether oxygens (including phenoxy) is 1. The molecule has 0 saturated carbocycles. The molecule has 6 rings (SSSR count). The molecule has 248 valence electrons. The molecule has 3 aromatic carbocycles. The Morgan fingerprint density at radius 2 is 1.64 bits per heavy atom. The second-order valence-corrected chi connectivity index (χ2v) is 14.2. The van der Waals surface area contributed by atoms with Gasteiger partial charge in [0.2, 0.25) is 21.8 Å². The molecule has 3 aliphatic rings. The lowest BCUT2D eigenvalue weighted by atomic mass is 9.98. The molecule has 3 N–H and O–H groups in total. The summed E-state index contributed by atoms with van der Waals surface area (Å²) in [4.78, 5) is 44.3. The van der Waals surface area contributed by atoms with Crippen LogP contribution < -0.4 is 20.1 Å². The van der Waals surface area contributed by atoms with Gasteiger partial charge < -0.3 is 20.3 Å². The van der Waals surface area contributed by atoms with Crippen LogP contribution in [0.3, 0.4) is 0 Å². The van der Waals surface area contributed by atoms with Crippen LogP contribution in [-0.4, -0.2) is 87.0 Å². The number of benzene rings is 3. The predicted molar refractivity (Wildman–Crippen MR) is 178 cm³/mol. The molecule has 0 aromatic heterocycles. The Hall–Kier alpha value is -4.26. The summed E-state index contributed by atoms with van der Waals surface area (Å²) < 4.78 is 35.9. The fourth-order valence-corrected chi connectivity index (χ4v) is 7.94. The van der Waals surface area contributed by atoms with Crippen LogP contribution in [0.25, 0.3) is 11.1 Å². The van der Waals surface area contributed by atoms with E-state index in [1.54, 1.807) is 48.5 Å². The zero-order chi connectivity index (χ0) is 32.8. The summed E-state index contributed by atoms with van der Waals surface area (Å²) >= 11 is 0. The van der Waals surface area contributed by atoms with Crippen molar-refractivity contribution in [1.29, 1.82) is 0 Å². The lowest BCUT2D eigenvalue weighted by Gasteiger charge is -2.41. The van der Waals surface area contributed by atoms with Crippen LogP contribution in [0.2, 0.25) is 0 Å². The third-order valence-electron chi connectivity index (χ3n) is 8.87. The SMILES string of the molecule is O=C(CN1CCCC1)N[C@H]1CCC2Oc3cccc(c3)-c3ccccc3C(=O)NCC[C@@H](NS(=O)(=O)Cc3ccccc3)C(=O)N2C1. The molecule has 3 heterocycles. The van der Waals surface area contributed by atoms with E-state index in [2.05, 4.69) is 20.3 Å². The van der Waals surface area contributed by atoms with Crippen molar-refractivity contribution in [3.8, 4) is 16.9 Å². The lowest BCUT2D eigenvalue weighted by molar-refractivity contribution is -0.146. The number of piperidine rings is 1. The van der Waals surface area contributed by atoms with Gasteiger partial charge in [-0.25, -0.2) is 13.1 Å². The van der Waals surface area contributed by atoms with Gasteiger partial charge in [0.05, 0.1) is 12.3 Å². The Labute approximate surface area is 275 Å². The second kappa shape index (κ2) is 14.7. The number of nitrogens with one attached hydrogen (secondary N) is 3. The highest BCUT2D eigenvalue weighted by Crippen LogP contribution is 2.30. The first kappa shape index (κ1) is 32.7. The van der Waals surface area contributed by atoms with E-state index < -0.39 is 28.2 Å². The second-order valence-electron chi connectivity index (χ2n) is 12.4. The number of carbonyl (C=O) groups excluding carboxylic acids is 3. The van der Waals surface area contributed by atoms with E-state index in [1.807, 2.05) is 30.3 Å². The first-order valence-corrected chi connectivity index (χ1v) is 17.9. The molecule has 3 aliphatic heterocycles. The van der Waals surface area contributed by atoms with Gasteiger partial charge in [0, 0.05) is 31.1 Å². The van der Waals surface area contributed by atoms with E-state index in [4.69, 9.17) is 4.74 Å². The van der Waals surface area contributed by atoms with Crippen molar-refractivity contribution in [2.45, 2.75) is 56.2 Å². The Balaban J connectivity index is 1.30. The smallest absolute Gasteiger partial charge is 0.251 e. The van der Waals surface area contributed by atoms with Gasteiger partial charge >= 0.3 is 0 Å². The highest BCUT2D eigenvalue weighted by atomic mass is 32.2. The standard InChI is InChI=1S/C35H41N5O6S/c41-32(23-39-19-6-7-20-39)37-27-15-16-33-40(22-27)35(43)31(38-47(44,45)24-25-9-2-1-3-10-25)17-18-36-34(42)30-14-5-4-13-29(30)26-11-8-12-28(21-26)46-33/h1-5,8-14,21,27,31,33,38H,6-7,15-20,22-24H2,(H,36,42)(H,37,41)/t27-,31+,33?/m0/s1. The monoisotopic (exact) mass is 659 g/mol. The molecule has 3 atom stereocenters. The summed E-state index contributed by atoms with van der Waals surface area (Å²) in [7, 11) is -3.96. The van der Waals surface area contributed by atoms with E-state index in [1.165, 1.54) is 4.90 Å². The lowest BCUT2D eigenvalue weighted by Crippen LogP contribution is -2.60. The first-order valence-electron chi connectivity index (χ1n) is 16.2. The Morgan fingerprint density at radius 3 is 2.43 bits per heavy atom. The molecule has 0 spiro atoms. The average Bonchev–Trinajstić information content (AvgIpc) is 3.57. The van der Waals surface area contributed by atoms with E-state index in [-0.39, 0.29) is 43.1 Å². The van der Waals surface area contributed by atoms with Crippen LogP contribution in [0.5, 0.6) is 5.75 Å². The van der Waals surface area contributed by atoms with Crippen LogP contribution >= 0.6 is 0 Å². The van der Waals surface area contributed by atoms with Gasteiger partial charge in [-0.15, -0.1) is 0 Å². The van der Waals surface area contributed by atoms with Crippen molar-refractivity contribution >= 4 is 27.7 Å². The van der Waals surface area contributed by atoms with Crippen molar-refractivity contribution in [2.75, 3.05) is 32.7 Å². The minimum Gasteiger partial charge on any atom is -0.470 e. The number of likely N-dealkylation sites (tertiary alicyclic amines) is 1. The maximum Gasteiger partial charge on any atom is 0.251 e. The molecule has 3 amide bonds. The van der Waals surface area contributed by atoms with E-state index in [0.717, 1.165) is 37.1 Å². The van der Waals surface area contributed by atoms with Crippen molar-refractivity contribution in [2.24, 2.45) is 0 Å². The summed E-state index contributed by atoms with van der Waals surface area (Å²) in [6.45, 7) is 2.29. The van der Waals surface area contributed by atoms with Gasteiger partial charge in [0.1, 0.15) is 11.8 Å². The van der Waals surface area contributed by atoms with E-state index in [9.17, 15) is 22.8 Å². The predicted octanol–water partition coefficient (Wildman–Crippen LogP) is 2.88. The maximum absolute atomic E-state index is 14.4. The van der Waals surface area contributed by atoms with E-state index >= 15 is 0 Å². The van der Waals surface area contributed by atoms with Crippen LogP contribution in [-0.2, 0) is 25.4 Å². The molecular formula is C35H41N5O6S. The number of hydrogen-bond donors (Lipinski definition) is 3. The topological polar surface area (TPSA) is 137 Å². The van der Waals surface area contributed by atoms with Crippen molar-refractivity contribution < 1.29 is 27.5 Å². The summed E-state index contributed by atoms with van der Waals surface area (Å²) in [6.07, 6.45) is 2.49. The van der Waals surface area contributed by atoms with Crippen molar-refractivity contribution in [1.82, 2.24) is 25.2 Å². The third-order valence-corrected chi connectivity index (χ3v) is 10.2. The summed E-state index contributed by atoms with van der Waals surface area (Å²) in [5, 5.41) is 5.99. The Bertz CT molecular complexity index is 1700. The molecule has 11 nitrogen and oxygen atoms in total. The first-order chi connectivity index (χ1) is 22.7. The minimum absolute atomic E-state index is 0.0151. The molecule has 1 unspecified atom stereocenters. The van der Waals surface area contributed by atoms with Gasteiger partial charge in [-0.2, -0.15) is 0 Å². The van der Waals surface area contributed by atoms with Crippen molar-refractivity contribution in [3.05, 3.63) is 90.0 Å². The molecule has 47 heavy (non-hydrogen) atoms. The molecule has 0 aliphatic carbocycles. The summed E-state index contributed by atoms with van der Waals surface area (Å²) in [6, 6.07) is 21.9. The minimum atomic E-state index is -3.96. The summed E-state index contributed by atoms with van der Waals surface area (Å²) in [5.74, 6) is -0.707. The maximum atomic E-state index is 14.4. The van der Waals surface area contributed by atoms with Gasteiger partial charge in [0.15, 0.2) is 6.23 Å². The van der Waals surface area contributed by atoms with E-state index in [0.29, 0.717) is 36.3 Å². The molecule has 2 fully saturated rings. The van der Waals surface area contributed by atoms with Gasteiger partial charge in [-0.05, 0) is 73.7 Å². The number of hydrogen-bond acceptors (Lipinski definition) is 7.